The molecule has 2 rings (SSSR count). The van der Waals surface area contributed by atoms with Crippen molar-refractivity contribution in [3.8, 4) is 0 Å². The summed E-state index contributed by atoms with van der Waals surface area (Å²) in [5, 5.41) is 0.969. The van der Waals surface area contributed by atoms with Gasteiger partial charge in [0, 0.05) is 11.0 Å². The highest BCUT2D eigenvalue weighted by Crippen LogP contribution is 2.15. The lowest BCUT2D eigenvalue weighted by molar-refractivity contribution is -0.141. The number of sulfonamides is 1. The van der Waals surface area contributed by atoms with E-state index < -0.39 is 29.1 Å². The molecule has 1 N–H and O–H groups in total. The molecule has 0 heterocycles. The molecule has 0 bridgehead atoms. The van der Waals surface area contributed by atoms with E-state index in [1.54, 1.807) is 36.4 Å². The number of rotatable bonds is 9. The monoisotopic (exact) mass is 401 g/mol. The summed E-state index contributed by atoms with van der Waals surface area (Å²) in [4.78, 5) is 23.8. The smallest absolute Gasteiger partial charge is 0.321 e. The van der Waals surface area contributed by atoms with Gasteiger partial charge in [-0.1, -0.05) is 68.4 Å². The average molecular weight is 401 g/mol. The SMILES string of the molecule is CC(C)c1ccc(C(=O)COC(=O)CNS(=O)(=O)/C=C/c2ccccc2)cc1. The molecule has 0 spiro atoms. The van der Waals surface area contributed by atoms with E-state index in [0.29, 0.717) is 17.0 Å². The second kappa shape index (κ2) is 9.96. The minimum Gasteiger partial charge on any atom is -0.456 e. The van der Waals surface area contributed by atoms with Crippen molar-refractivity contribution in [1.29, 1.82) is 0 Å². The molecule has 148 valence electrons. The van der Waals surface area contributed by atoms with Crippen LogP contribution in [0.5, 0.6) is 0 Å². The van der Waals surface area contributed by atoms with Gasteiger partial charge in [0.15, 0.2) is 12.4 Å². The summed E-state index contributed by atoms with van der Waals surface area (Å²) >= 11 is 0. The fraction of sp³-hybridized carbons (Fsp3) is 0.238. The Labute approximate surface area is 165 Å². The standard InChI is InChI=1S/C21H23NO5S/c1-16(2)18-8-10-19(11-9-18)20(23)15-27-21(24)14-22-28(25,26)13-12-17-6-4-3-5-7-17/h3-13,16,22H,14-15H2,1-2H3/b13-12+. The zero-order valence-corrected chi connectivity index (χ0v) is 16.6. The Balaban J connectivity index is 1.80. The zero-order chi connectivity index (χ0) is 20.6. The molecule has 0 aliphatic rings. The Hall–Kier alpha value is -2.77. The molecule has 6 nitrogen and oxygen atoms in total. The predicted octanol–water partition coefficient (Wildman–Crippen LogP) is 3.13. The molecule has 2 aromatic carbocycles. The van der Waals surface area contributed by atoms with Gasteiger partial charge in [-0.15, -0.1) is 0 Å². The predicted molar refractivity (Wildman–Crippen MR) is 108 cm³/mol. The van der Waals surface area contributed by atoms with E-state index in [9.17, 15) is 18.0 Å². The normalized spacial score (nSPS) is 11.7. The largest absolute Gasteiger partial charge is 0.456 e. The van der Waals surface area contributed by atoms with Gasteiger partial charge < -0.3 is 4.74 Å². The summed E-state index contributed by atoms with van der Waals surface area (Å²) in [7, 11) is -3.79. The lowest BCUT2D eigenvalue weighted by atomic mass is 10.0. The lowest BCUT2D eigenvalue weighted by Crippen LogP contribution is -2.30. The van der Waals surface area contributed by atoms with Crippen LogP contribution in [0.1, 0.15) is 41.3 Å². The zero-order valence-electron chi connectivity index (χ0n) is 15.8. The third-order valence-corrected chi connectivity index (χ3v) is 4.96. The molecule has 0 atom stereocenters. The first-order valence-corrected chi connectivity index (χ1v) is 10.3. The molecule has 7 heteroatoms. The van der Waals surface area contributed by atoms with Crippen molar-refractivity contribution in [2.75, 3.05) is 13.2 Å². The van der Waals surface area contributed by atoms with Crippen LogP contribution in [-0.2, 0) is 19.6 Å². The molecule has 0 aliphatic heterocycles. The van der Waals surface area contributed by atoms with Crippen LogP contribution in [0.15, 0.2) is 60.0 Å². The van der Waals surface area contributed by atoms with Crippen LogP contribution >= 0.6 is 0 Å². The van der Waals surface area contributed by atoms with Crippen LogP contribution < -0.4 is 4.72 Å². The summed E-state index contributed by atoms with van der Waals surface area (Å²) in [6, 6.07) is 16.0. The Morgan fingerprint density at radius 1 is 1.04 bits per heavy atom. The molecule has 0 unspecified atom stereocenters. The Morgan fingerprint density at radius 2 is 1.68 bits per heavy atom. The van der Waals surface area contributed by atoms with Crippen molar-refractivity contribution >= 4 is 27.9 Å². The van der Waals surface area contributed by atoms with Crippen LogP contribution in [0.4, 0.5) is 0 Å². The van der Waals surface area contributed by atoms with Crippen molar-refractivity contribution < 1.29 is 22.7 Å². The van der Waals surface area contributed by atoms with Crippen LogP contribution in [0.25, 0.3) is 6.08 Å². The Morgan fingerprint density at radius 3 is 2.29 bits per heavy atom. The Bertz CT molecular complexity index is 933. The van der Waals surface area contributed by atoms with Crippen LogP contribution in [-0.4, -0.2) is 33.3 Å². The minimum atomic E-state index is -3.79. The second-order valence-electron chi connectivity index (χ2n) is 6.44. The Kier molecular flexibility index (Phi) is 7.66. The molecule has 0 aromatic heterocycles. The summed E-state index contributed by atoms with van der Waals surface area (Å²) in [6.45, 7) is 3.10. The van der Waals surface area contributed by atoms with E-state index in [4.69, 9.17) is 4.74 Å². The number of hydrogen-bond acceptors (Lipinski definition) is 5. The van der Waals surface area contributed by atoms with Crippen molar-refractivity contribution in [3.05, 3.63) is 76.7 Å². The van der Waals surface area contributed by atoms with Gasteiger partial charge in [-0.3, -0.25) is 9.59 Å². The molecule has 0 fully saturated rings. The summed E-state index contributed by atoms with van der Waals surface area (Å²) in [6.07, 6.45) is 1.41. The number of ether oxygens (including phenoxy) is 1. The maximum Gasteiger partial charge on any atom is 0.321 e. The van der Waals surface area contributed by atoms with Crippen molar-refractivity contribution in [1.82, 2.24) is 4.72 Å². The molecule has 0 saturated heterocycles. The van der Waals surface area contributed by atoms with Crippen LogP contribution in [0, 0.1) is 0 Å². The van der Waals surface area contributed by atoms with Gasteiger partial charge in [0.25, 0.3) is 0 Å². The van der Waals surface area contributed by atoms with E-state index in [-0.39, 0.29) is 5.78 Å². The van der Waals surface area contributed by atoms with Gasteiger partial charge in [-0.05, 0) is 23.1 Å². The van der Waals surface area contributed by atoms with Crippen LogP contribution in [0.2, 0.25) is 0 Å². The van der Waals surface area contributed by atoms with E-state index in [1.807, 2.05) is 18.2 Å². The number of esters is 1. The van der Waals surface area contributed by atoms with Crippen LogP contribution in [0.3, 0.4) is 0 Å². The second-order valence-corrected chi connectivity index (χ2v) is 8.09. The van der Waals surface area contributed by atoms with Gasteiger partial charge >= 0.3 is 5.97 Å². The first-order chi connectivity index (χ1) is 13.3. The van der Waals surface area contributed by atoms with Crippen molar-refractivity contribution in [3.63, 3.8) is 0 Å². The molecule has 0 amide bonds. The number of carbonyl (C=O) groups is 2. The third kappa shape index (κ3) is 7.09. The quantitative estimate of drug-likeness (QED) is 0.515. The molecule has 0 aliphatic carbocycles. The van der Waals surface area contributed by atoms with Gasteiger partial charge in [-0.25, -0.2) is 13.1 Å². The van der Waals surface area contributed by atoms with Crippen molar-refractivity contribution in [2.24, 2.45) is 0 Å². The third-order valence-electron chi connectivity index (χ3n) is 3.92. The first kappa shape index (κ1) is 21.5. The number of Topliss-reactive ketones (excluding diaryl/α,β-unsaturated/α-hetero) is 1. The topological polar surface area (TPSA) is 89.5 Å². The number of carbonyl (C=O) groups excluding carboxylic acids is 2. The number of hydrogen-bond donors (Lipinski definition) is 1. The summed E-state index contributed by atoms with van der Waals surface area (Å²) in [5.41, 5.74) is 2.25. The fourth-order valence-corrected chi connectivity index (χ4v) is 3.03. The van der Waals surface area contributed by atoms with E-state index in [2.05, 4.69) is 18.6 Å². The molecule has 28 heavy (non-hydrogen) atoms. The van der Waals surface area contributed by atoms with E-state index >= 15 is 0 Å². The van der Waals surface area contributed by atoms with Gasteiger partial charge in [0.2, 0.25) is 10.0 Å². The highest BCUT2D eigenvalue weighted by molar-refractivity contribution is 7.92. The van der Waals surface area contributed by atoms with E-state index in [1.165, 1.54) is 6.08 Å². The molecular weight excluding hydrogens is 378 g/mol. The maximum atomic E-state index is 12.1. The maximum absolute atomic E-state index is 12.1. The minimum absolute atomic E-state index is 0.351. The fourth-order valence-electron chi connectivity index (χ4n) is 2.27. The van der Waals surface area contributed by atoms with Gasteiger partial charge in [-0.2, -0.15) is 0 Å². The molecule has 0 radical (unpaired) electrons. The van der Waals surface area contributed by atoms with Crippen molar-refractivity contribution in [2.45, 2.75) is 19.8 Å². The summed E-state index contributed by atoms with van der Waals surface area (Å²) in [5.74, 6) is -0.828. The molecule has 0 saturated carbocycles. The summed E-state index contributed by atoms with van der Waals surface area (Å²) < 4.78 is 30.7. The lowest BCUT2D eigenvalue weighted by Gasteiger charge is -2.07. The number of nitrogens with one attached hydrogen (secondary N) is 1. The molecular formula is C21H23NO5S. The van der Waals surface area contributed by atoms with Gasteiger partial charge in [0.05, 0.1) is 0 Å². The van der Waals surface area contributed by atoms with Gasteiger partial charge in [0.1, 0.15) is 6.54 Å². The number of benzene rings is 2. The van der Waals surface area contributed by atoms with E-state index in [0.717, 1.165) is 11.0 Å². The highest BCUT2D eigenvalue weighted by atomic mass is 32.2. The number of ketones is 1. The average Bonchev–Trinajstić information content (AvgIpc) is 2.70. The molecule has 2 aromatic rings. The highest BCUT2D eigenvalue weighted by Gasteiger charge is 2.13. The first-order valence-electron chi connectivity index (χ1n) is 8.78.